The van der Waals surface area contributed by atoms with Gasteiger partial charge in [0.1, 0.15) is 18.5 Å². The van der Waals surface area contributed by atoms with Crippen LogP contribution in [0.15, 0.2) is 60.7 Å². The van der Waals surface area contributed by atoms with Crippen LogP contribution in [0.3, 0.4) is 0 Å². The van der Waals surface area contributed by atoms with E-state index in [2.05, 4.69) is 5.32 Å². The molecule has 0 bridgehead atoms. The maximum Gasteiger partial charge on any atom is 0.185 e. The van der Waals surface area contributed by atoms with Gasteiger partial charge in [0, 0.05) is 18.2 Å². The Bertz CT molecular complexity index is 766. The summed E-state index contributed by atoms with van der Waals surface area (Å²) < 4.78 is 5.73. The summed E-state index contributed by atoms with van der Waals surface area (Å²) in [4.78, 5) is 12.2. The number of carbonyl (C=O) groups excluding carboxylic acids is 1. The Morgan fingerprint density at radius 2 is 1.89 bits per heavy atom. The van der Waals surface area contributed by atoms with Crippen LogP contribution in [0, 0.1) is 0 Å². The molecule has 0 aliphatic heterocycles. The largest absolute Gasteiger partial charge is 0.491 e. The first-order chi connectivity index (χ1) is 13.7. The average molecular weight is 380 g/mol. The summed E-state index contributed by atoms with van der Waals surface area (Å²) in [7, 11) is 0. The Labute approximate surface area is 167 Å². The third kappa shape index (κ3) is 6.63. The van der Waals surface area contributed by atoms with Gasteiger partial charge in [-0.3, -0.25) is 4.79 Å². The lowest BCUT2D eigenvalue weighted by Gasteiger charge is -2.24. The van der Waals surface area contributed by atoms with Crippen LogP contribution < -0.4 is 10.1 Å². The highest BCUT2D eigenvalue weighted by atomic mass is 16.5. The summed E-state index contributed by atoms with van der Waals surface area (Å²) in [6, 6.07) is 17.3. The van der Waals surface area contributed by atoms with Crippen molar-refractivity contribution in [1.29, 1.82) is 0 Å². The first-order valence-electron chi connectivity index (χ1n) is 10.1. The highest BCUT2D eigenvalue weighted by Crippen LogP contribution is 2.18. The van der Waals surface area contributed by atoms with E-state index < -0.39 is 6.10 Å². The molecular weight excluding hydrogens is 350 g/mol. The fourth-order valence-corrected chi connectivity index (χ4v) is 3.44. The minimum absolute atomic E-state index is 0.0314. The van der Waals surface area contributed by atoms with Crippen LogP contribution in [0.4, 0.5) is 0 Å². The zero-order chi connectivity index (χ0) is 19.6. The van der Waals surface area contributed by atoms with Gasteiger partial charge in [-0.15, -0.1) is 0 Å². The van der Waals surface area contributed by atoms with Crippen molar-refractivity contribution in [3.63, 3.8) is 0 Å². The van der Waals surface area contributed by atoms with Gasteiger partial charge in [0.05, 0.1) is 0 Å². The number of ether oxygens (including phenoxy) is 1. The molecule has 1 atom stereocenters. The van der Waals surface area contributed by atoms with E-state index in [0.29, 0.717) is 23.9 Å². The molecule has 3 rings (SSSR count). The van der Waals surface area contributed by atoms with Crippen molar-refractivity contribution in [3.8, 4) is 5.75 Å². The van der Waals surface area contributed by atoms with Crippen LogP contribution in [0.5, 0.6) is 5.75 Å². The molecule has 0 saturated heterocycles. The van der Waals surface area contributed by atoms with Crippen molar-refractivity contribution in [2.24, 2.45) is 0 Å². The third-order valence-corrected chi connectivity index (χ3v) is 5.03. The van der Waals surface area contributed by atoms with Gasteiger partial charge < -0.3 is 15.2 Å². The number of hydrogen-bond donors (Lipinski definition) is 2. The van der Waals surface area contributed by atoms with Crippen LogP contribution in [0.25, 0.3) is 6.08 Å². The van der Waals surface area contributed by atoms with E-state index >= 15 is 0 Å². The van der Waals surface area contributed by atoms with Crippen LogP contribution in [0.1, 0.15) is 48.0 Å². The number of carbonyl (C=O) groups is 1. The first-order valence-corrected chi connectivity index (χ1v) is 10.1. The number of allylic oxidation sites excluding steroid dienone is 1. The molecule has 0 heterocycles. The summed E-state index contributed by atoms with van der Waals surface area (Å²) in [5.41, 5.74) is 1.55. The zero-order valence-electron chi connectivity index (χ0n) is 16.2. The maximum atomic E-state index is 12.2. The molecule has 1 saturated carbocycles. The number of ketones is 1. The molecule has 4 heteroatoms. The number of rotatable bonds is 9. The normalized spacial score (nSPS) is 16.2. The smallest absolute Gasteiger partial charge is 0.185 e. The van der Waals surface area contributed by atoms with Crippen molar-refractivity contribution < 1.29 is 14.6 Å². The van der Waals surface area contributed by atoms with Crippen molar-refractivity contribution in [1.82, 2.24) is 5.32 Å². The van der Waals surface area contributed by atoms with Crippen molar-refractivity contribution in [3.05, 3.63) is 71.8 Å². The van der Waals surface area contributed by atoms with E-state index in [9.17, 15) is 9.90 Å². The second-order valence-electron chi connectivity index (χ2n) is 7.34. The van der Waals surface area contributed by atoms with E-state index in [1.54, 1.807) is 24.3 Å². The molecule has 0 amide bonds. The van der Waals surface area contributed by atoms with E-state index in [-0.39, 0.29) is 12.4 Å². The van der Waals surface area contributed by atoms with Crippen LogP contribution in [-0.4, -0.2) is 36.2 Å². The minimum Gasteiger partial charge on any atom is -0.491 e. The molecule has 1 aliphatic rings. The van der Waals surface area contributed by atoms with Crippen LogP contribution in [-0.2, 0) is 0 Å². The van der Waals surface area contributed by atoms with Crippen LogP contribution >= 0.6 is 0 Å². The topological polar surface area (TPSA) is 58.6 Å². The van der Waals surface area contributed by atoms with Gasteiger partial charge in [0.15, 0.2) is 5.78 Å². The van der Waals surface area contributed by atoms with E-state index in [1.807, 2.05) is 42.5 Å². The predicted molar refractivity (Wildman–Crippen MR) is 113 cm³/mol. The predicted octanol–water partition coefficient (Wildman–Crippen LogP) is 4.24. The molecule has 1 fully saturated rings. The number of aliphatic hydroxyl groups is 1. The summed E-state index contributed by atoms with van der Waals surface area (Å²) in [6.07, 6.45) is 9.08. The lowest BCUT2D eigenvalue weighted by molar-refractivity contribution is 0.102. The van der Waals surface area contributed by atoms with Crippen molar-refractivity contribution >= 4 is 11.9 Å². The van der Waals surface area contributed by atoms with Crippen molar-refractivity contribution in [2.45, 2.75) is 44.2 Å². The Balaban J connectivity index is 1.46. The van der Waals surface area contributed by atoms with Crippen LogP contribution in [0.2, 0.25) is 0 Å². The minimum atomic E-state index is -0.541. The molecule has 1 aliphatic carbocycles. The van der Waals surface area contributed by atoms with Gasteiger partial charge >= 0.3 is 0 Å². The molecule has 148 valence electrons. The number of nitrogens with one attached hydrogen (secondary N) is 1. The van der Waals surface area contributed by atoms with Gasteiger partial charge in [0.2, 0.25) is 0 Å². The summed E-state index contributed by atoms with van der Waals surface area (Å²) in [5.74, 6) is 0.655. The van der Waals surface area contributed by atoms with Gasteiger partial charge in [-0.2, -0.15) is 0 Å². The molecular formula is C24H29NO3. The highest BCUT2D eigenvalue weighted by Gasteiger charge is 2.14. The molecule has 4 nitrogen and oxygen atoms in total. The second-order valence-corrected chi connectivity index (χ2v) is 7.34. The molecule has 2 aromatic carbocycles. The summed E-state index contributed by atoms with van der Waals surface area (Å²) in [5, 5.41) is 13.6. The number of hydrogen-bond acceptors (Lipinski definition) is 4. The fourth-order valence-electron chi connectivity index (χ4n) is 3.44. The molecule has 0 aromatic heterocycles. The maximum absolute atomic E-state index is 12.2. The molecule has 2 N–H and O–H groups in total. The second kappa shape index (κ2) is 10.8. The molecule has 2 aromatic rings. The van der Waals surface area contributed by atoms with Gasteiger partial charge in [-0.05, 0) is 36.6 Å². The highest BCUT2D eigenvalue weighted by molar-refractivity contribution is 6.06. The molecule has 0 radical (unpaired) electrons. The van der Waals surface area contributed by atoms with Gasteiger partial charge in [0.25, 0.3) is 0 Å². The van der Waals surface area contributed by atoms with E-state index in [0.717, 1.165) is 5.56 Å². The molecule has 28 heavy (non-hydrogen) atoms. The first kappa shape index (κ1) is 20.3. The zero-order valence-corrected chi connectivity index (χ0v) is 16.2. The Morgan fingerprint density at radius 3 is 2.68 bits per heavy atom. The van der Waals surface area contributed by atoms with Gasteiger partial charge in [-0.1, -0.05) is 67.8 Å². The van der Waals surface area contributed by atoms with Crippen molar-refractivity contribution in [2.75, 3.05) is 13.2 Å². The molecule has 1 unspecified atom stereocenters. The molecule has 0 spiro atoms. The Morgan fingerprint density at radius 1 is 1.11 bits per heavy atom. The van der Waals surface area contributed by atoms with E-state index in [1.165, 1.54) is 32.1 Å². The van der Waals surface area contributed by atoms with E-state index in [4.69, 9.17) is 4.74 Å². The SMILES string of the molecule is O=C(/C=C/c1cccc(OCC(O)CNC2CCCCC2)c1)c1ccccc1. The Hall–Kier alpha value is -2.43. The number of benzene rings is 2. The fraction of sp³-hybridized carbons (Fsp3) is 0.375. The standard InChI is InChI=1S/C24H29NO3/c26-22(17-25-21-11-5-2-6-12-21)18-28-23-13-7-8-19(16-23)14-15-24(27)20-9-3-1-4-10-20/h1,3-4,7-10,13-16,21-22,25-26H,2,5-6,11-12,17-18H2/b15-14+. The Kier molecular flexibility index (Phi) is 7.82. The lowest BCUT2D eigenvalue weighted by Crippen LogP contribution is -2.38. The third-order valence-electron chi connectivity index (χ3n) is 5.03. The average Bonchev–Trinajstić information content (AvgIpc) is 2.76. The monoisotopic (exact) mass is 379 g/mol. The quantitative estimate of drug-likeness (QED) is 0.505. The lowest BCUT2D eigenvalue weighted by atomic mass is 9.95. The van der Waals surface area contributed by atoms with Gasteiger partial charge in [-0.25, -0.2) is 0 Å². The summed E-state index contributed by atoms with van der Waals surface area (Å²) in [6.45, 7) is 0.797. The number of aliphatic hydroxyl groups excluding tert-OH is 1. The summed E-state index contributed by atoms with van der Waals surface area (Å²) >= 11 is 0.